The summed E-state index contributed by atoms with van der Waals surface area (Å²) < 4.78 is 12.0. The molecule has 0 unspecified atom stereocenters. The van der Waals surface area contributed by atoms with Crippen LogP contribution in [0.15, 0.2) is 34.0 Å². The summed E-state index contributed by atoms with van der Waals surface area (Å²) in [5.41, 5.74) is -1.77. The van der Waals surface area contributed by atoms with Gasteiger partial charge in [-0.2, -0.15) is 0 Å². The number of phenols is 3. The average molecular weight is 412 g/mol. The number of aliphatic hydroxyl groups is 1. The minimum absolute atomic E-state index is 0.0216. The molecule has 0 radical (unpaired) electrons. The number of rotatable bonds is 3. The Balaban J connectivity index is 2.23. The van der Waals surface area contributed by atoms with E-state index >= 15 is 0 Å². The van der Waals surface area contributed by atoms with Crippen LogP contribution in [0.25, 0.3) is 21.9 Å². The third-order valence-electron chi connectivity index (χ3n) is 5.86. The Labute approximate surface area is 172 Å². The minimum Gasteiger partial charge on any atom is -0.507 e. The zero-order valence-corrected chi connectivity index (χ0v) is 17.2. The van der Waals surface area contributed by atoms with Crippen LogP contribution >= 0.6 is 0 Å². The Bertz CT molecular complexity index is 1280. The van der Waals surface area contributed by atoms with Crippen molar-refractivity contribution in [1.29, 1.82) is 0 Å². The second-order valence-corrected chi connectivity index (χ2v) is 8.87. The van der Waals surface area contributed by atoms with E-state index in [1.165, 1.54) is 12.1 Å². The van der Waals surface area contributed by atoms with Gasteiger partial charge in [0.2, 0.25) is 11.2 Å². The quantitative estimate of drug-likeness (QED) is 0.295. The molecule has 0 aliphatic carbocycles. The van der Waals surface area contributed by atoms with E-state index < -0.39 is 34.0 Å². The highest BCUT2D eigenvalue weighted by Crippen LogP contribution is 2.50. The average Bonchev–Trinajstić information content (AvgIpc) is 3.10. The van der Waals surface area contributed by atoms with Crippen molar-refractivity contribution in [1.82, 2.24) is 0 Å². The van der Waals surface area contributed by atoms with Gasteiger partial charge in [0, 0.05) is 23.0 Å². The fourth-order valence-corrected chi connectivity index (χ4v) is 3.91. The minimum atomic E-state index is -1.19. The van der Waals surface area contributed by atoms with Crippen molar-refractivity contribution in [2.45, 2.75) is 51.2 Å². The highest BCUT2D eigenvalue weighted by molar-refractivity contribution is 5.99. The Hall–Kier alpha value is -3.19. The van der Waals surface area contributed by atoms with Crippen molar-refractivity contribution in [2.75, 3.05) is 0 Å². The summed E-state index contributed by atoms with van der Waals surface area (Å²) in [7, 11) is 0. The zero-order chi connectivity index (χ0) is 22.2. The summed E-state index contributed by atoms with van der Waals surface area (Å²) in [6.07, 6.45) is 1.22. The number of fused-ring (bicyclic) bond motifs is 3. The summed E-state index contributed by atoms with van der Waals surface area (Å²) in [5.74, 6) is -0.958. The van der Waals surface area contributed by atoms with Crippen LogP contribution in [0.1, 0.15) is 38.8 Å². The molecule has 0 fully saturated rings. The molecule has 1 aromatic heterocycles. The van der Waals surface area contributed by atoms with Crippen molar-refractivity contribution in [3.8, 4) is 23.0 Å². The van der Waals surface area contributed by atoms with E-state index in [0.29, 0.717) is 16.9 Å². The van der Waals surface area contributed by atoms with Crippen LogP contribution in [-0.4, -0.2) is 32.1 Å². The molecule has 4 N–H and O–H groups in total. The second kappa shape index (κ2) is 6.15. The molecule has 1 atom stereocenters. The predicted octanol–water partition coefficient (Wildman–Crippen LogP) is 3.60. The van der Waals surface area contributed by atoms with Gasteiger partial charge in [-0.15, -0.1) is 6.58 Å². The van der Waals surface area contributed by atoms with Crippen LogP contribution in [0.4, 0.5) is 0 Å². The first kappa shape index (κ1) is 20.1. The molecule has 0 bridgehead atoms. The normalized spacial score (nSPS) is 16.6. The highest BCUT2D eigenvalue weighted by atomic mass is 16.5. The summed E-state index contributed by atoms with van der Waals surface area (Å²) >= 11 is 0. The van der Waals surface area contributed by atoms with Gasteiger partial charge in [0.05, 0.1) is 11.0 Å². The first-order valence-electron chi connectivity index (χ1n) is 9.60. The molecule has 1 aliphatic heterocycles. The number of aromatic hydroxyl groups is 3. The predicted molar refractivity (Wildman–Crippen MR) is 113 cm³/mol. The van der Waals surface area contributed by atoms with Crippen LogP contribution in [0.5, 0.6) is 23.0 Å². The van der Waals surface area contributed by atoms with Crippen LogP contribution in [0.3, 0.4) is 0 Å². The molecule has 3 aromatic rings. The number of phenolic OH excluding ortho intramolecular Hbond substituents is 3. The molecule has 30 heavy (non-hydrogen) atoms. The molecular formula is C23H24O7. The number of hydrogen-bond acceptors (Lipinski definition) is 7. The largest absolute Gasteiger partial charge is 0.507 e. The Morgan fingerprint density at radius 2 is 1.77 bits per heavy atom. The first-order valence-corrected chi connectivity index (χ1v) is 9.60. The van der Waals surface area contributed by atoms with Crippen molar-refractivity contribution in [3.05, 3.63) is 46.1 Å². The third-order valence-corrected chi connectivity index (χ3v) is 5.86. The Kier molecular flexibility index (Phi) is 4.12. The third kappa shape index (κ3) is 2.65. The Morgan fingerprint density at radius 1 is 1.10 bits per heavy atom. The molecule has 0 saturated heterocycles. The lowest BCUT2D eigenvalue weighted by Gasteiger charge is -2.27. The first-order chi connectivity index (χ1) is 13.9. The lowest BCUT2D eigenvalue weighted by molar-refractivity contribution is -0.0234. The second-order valence-electron chi connectivity index (χ2n) is 8.87. The molecule has 2 aromatic carbocycles. The fourth-order valence-electron chi connectivity index (χ4n) is 3.91. The summed E-state index contributed by atoms with van der Waals surface area (Å²) in [6, 6.07) is 2.52. The molecule has 1 aliphatic rings. The summed E-state index contributed by atoms with van der Waals surface area (Å²) in [4.78, 5) is 13.3. The van der Waals surface area contributed by atoms with Gasteiger partial charge < -0.3 is 29.6 Å². The summed E-state index contributed by atoms with van der Waals surface area (Å²) in [6.45, 7) is 10.8. The van der Waals surface area contributed by atoms with Crippen molar-refractivity contribution in [3.63, 3.8) is 0 Å². The lowest BCUT2D eigenvalue weighted by Crippen LogP contribution is -2.39. The molecule has 0 spiro atoms. The van der Waals surface area contributed by atoms with E-state index in [1.54, 1.807) is 19.9 Å². The van der Waals surface area contributed by atoms with E-state index in [0.717, 1.165) is 0 Å². The molecular weight excluding hydrogens is 388 g/mol. The summed E-state index contributed by atoms with van der Waals surface area (Å²) in [5, 5.41) is 41.6. The molecule has 7 heteroatoms. The van der Waals surface area contributed by atoms with Gasteiger partial charge in [0.1, 0.15) is 28.6 Å². The smallest absolute Gasteiger partial charge is 0.204 e. The van der Waals surface area contributed by atoms with Crippen LogP contribution in [-0.2, 0) is 11.8 Å². The van der Waals surface area contributed by atoms with Gasteiger partial charge in [0.15, 0.2) is 11.3 Å². The lowest BCUT2D eigenvalue weighted by atomic mass is 9.81. The van der Waals surface area contributed by atoms with Crippen LogP contribution in [0.2, 0.25) is 0 Å². The van der Waals surface area contributed by atoms with Crippen LogP contribution in [0, 0.1) is 0 Å². The maximum Gasteiger partial charge on any atom is 0.204 e. The number of allylic oxidation sites excluding steroid dienone is 1. The Morgan fingerprint density at radius 3 is 2.37 bits per heavy atom. The molecule has 0 saturated carbocycles. The maximum atomic E-state index is 13.3. The van der Waals surface area contributed by atoms with E-state index in [-0.39, 0.29) is 34.1 Å². The zero-order valence-electron chi connectivity index (χ0n) is 17.2. The SMILES string of the molecule is C=CC(C)(C)c1c2c(c(O)c3c(=O)c4ccc(O)c(O)c4oc13)C[C@H](C(C)(C)O)O2. The maximum absolute atomic E-state index is 13.3. The van der Waals surface area contributed by atoms with Gasteiger partial charge in [-0.1, -0.05) is 19.9 Å². The van der Waals surface area contributed by atoms with Gasteiger partial charge in [0.25, 0.3) is 0 Å². The number of hydrogen-bond donors (Lipinski definition) is 4. The molecule has 7 nitrogen and oxygen atoms in total. The van der Waals surface area contributed by atoms with Gasteiger partial charge in [-0.3, -0.25) is 4.79 Å². The monoisotopic (exact) mass is 412 g/mol. The van der Waals surface area contributed by atoms with Gasteiger partial charge >= 0.3 is 0 Å². The molecule has 0 amide bonds. The van der Waals surface area contributed by atoms with E-state index in [9.17, 15) is 25.2 Å². The van der Waals surface area contributed by atoms with Crippen molar-refractivity contribution >= 4 is 21.9 Å². The number of ether oxygens (including phenoxy) is 1. The number of benzene rings is 2. The highest BCUT2D eigenvalue weighted by Gasteiger charge is 2.42. The van der Waals surface area contributed by atoms with Crippen LogP contribution < -0.4 is 10.2 Å². The fraction of sp³-hybridized carbons (Fsp3) is 0.348. The van der Waals surface area contributed by atoms with E-state index in [4.69, 9.17) is 9.15 Å². The molecule has 158 valence electrons. The van der Waals surface area contributed by atoms with Crippen molar-refractivity contribution < 1.29 is 29.6 Å². The molecule has 2 heterocycles. The van der Waals surface area contributed by atoms with Gasteiger partial charge in [-0.05, 0) is 26.0 Å². The topological polar surface area (TPSA) is 120 Å². The van der Waals surface area contributed by atoms with E-state index in [1.807, 2.05) is 13.8 Å². The van der Waals surface area contributed by atoms with E-state index in [2.05, 4.69) is 6.58 Å². The molecule has 4 rings (SSSR count). The van der Waals surface area contributed by atoms with Gasteiger partial charge in [-0.25, -0.2) is 0 Å². The van der Waals surface area contributed by atoms with Crippen molar-refractivity contribution in [2.24, 2.45) is 0 Å². The standard InChI is InChI=1S/C23H24O7/c1-6-22(2,3)15-19-11(9-13(29-19)23(4,5)28)17(26)14-16(25)10-7-8-12(24)18(27)20(10)30-21(14)15/h6-8,13,24,26-28H,1,9H2,2-5H3/t13-/m1/s1.